The van der Waals surface area contributed by atoms with Crippen LogP contribution in [-0.2, 0) is 0 Å². The molecular weight excluding hydrogens is 433 g/mol. The lowest BCUT2D eigenvalue weighted by molar-refractivity contribution is 0.0179. The number of aromatic hydroxyl groups is 2. The summed E-state index contributed by atoms with van der Waals surface area (Å²) in [4.78, 5) is 2.29. The Hall–Kier alpha value is -3.51. The van der Waals surface area contributed by atoms with Gasteiger partial charge in [0.05, 0.1) is 0 Å². The zero-order valence-electron chi connectivity index (χ0n) is 19.3. The fourth-order valence-electron chi connectivity index (χ4n) is 4.74. The Labute approximate surface area is 198 Å². The van der Waals surface area contributed by atoms with Crippen molar-refractivity contribution >= 4 is 11.1 Å². The zero-order valence-corrected chi connectivity index (χ0v) is 19.3. The van der Waals surface area contributed by atoms with Crippen molar-refractivity contribution in [1.82, 2.24) is 4.90 Å². The molecule has 176 valence electrons. The molecule has 5 nitrogen and oxygen atoms in total. The van der Waals surface area contributed by atoms with Gasteiger partial charge in [-0.2, -0.15) is 0 Å². The fraction of sp³-hybridized carbons (Fsp3) is 0.286. The second kappa shape index (κ2) is 9.03. The normalized spacial score (nSPS) is 18.3. The average molecular weight is 462 g/mol. The van der Waals surface area contributed by atoms with Gasteiger partial charge in [-0.15, -0.1) is 0 Å². The number of ether oxygens (including phenoxy) is 2. The first-order valence-corrected chi connectivity index (χ1v) is 11.6. The lowest BCUT2D eigenvalue weighted by atomic mass is 9.86. The molecule has 0 aromatic heterocycles. The molecule has 5 rings (SSSR count). The van der Waals surface area contributed by atoms with Gasteiger partial charge in [0.2, 0.25) is 0 Å². The van der Waals surface area contributed by atoms with Crippen LogP contribution >= 0.6 is 0 Å². The number of rotatable bonds is 6. The van der Waals surface area contributed by atoms with Crippen LogP contribution in [0, 0.1) is 5.82 Å². The number of halogens is 1. The van der Waals surface area contributed by atoms with Crippen molar-refractivity contribution in [3.63, 3.8) is 0 Å². The maximum absolute atomic E-state index is 15.1. The molecule has 0 bridgehead atoms. The van der Waals surface area contributed by atoms with E-state index >= 15 is 4.39 Å². The van der Waals surface area contributed by atoms with Crippen LogP contribution < -0.4 is 9.47 Å². The van der Waals surface area contributed by atoms with Crippen molar-refractivity contribution < 1.29 is 24.1 Å². The van der Waals surface area contributed by atoms with Crippen molar-refractivity contribution in [2.45, 2.75) is 32.5 Å². The van der Waals surface area contributed by atoms with Crippen molar-refractivity contribution in [1.29, 1.82) is 0 Å². The molecule has 1 saturated heterocycles. The molecular formula is C28H28FNO4. The van der Waals surface area contributed by atoms with Gasteiger partial charge in [-0.05, 0) is 67.4 Å². The molecule has 2 N–H and O–H groups in total. The summed E-state index contributed by atoms with van der Waals surface area (Å²) in [5.74, 6) is 0.619. The Morgan fingerprint density at radius 1 is 1.00 bits per heavy atom. The molecule has 0 amide bonds. The van der Waals surface area contributed by atoms with Crippen LogP contribution in [0.15, 0.2) is 60.7 Å². The second-order valence-corrected chi connectivity index (χ2v) is 8.95. The molecule has 0 unspecified atom stereocenters. The molecule has 0 radical (unpaired) electrons. The molecule has 2 heterocycles. The van der Waals surface area contributed by atoms with E-state index in [4.69, 9.17) is 9.47 Å². The van der Waals surface area contributed by atoms with Crippen LogP contribution in [0.25, 0.3) is 11.1 Å². The second-order valence-electron chi connectivity index (χ2n) is 8.95. The summed E-state index contributed by atoms with van der Waals surface area (Å²) in [5, 5.41) is 19.7. The van der Waals surface area contributed by atoms with E-state index in [0.717, 1.165) is 48.3 Å². The van der Waals surface area contributed by atoms with Crippen molar-refractivity contribution in [2.75, 3.05) is 19.6 Å². The average Bonchev–Trinajstić information content (AvgIpc) is 2.79. The summed E-state index contributed by atoms with van der Waals surface area (Å²) in [6.07, 6.45) is 0.502. The highest BCUT2D eigenvalue weighted by Crippen LogP contribution is 2.47. The van der Waals surface area contributed by atoms with E-state index in [-0.39, 0.29) is 23.4 Å². The maximum Gasteiger partial charge on any atom is 0.165 e. The van der Waals surface area contributed by atoms with E-state index in [0.29, 0.717) is 11.3 Å². The summed E-state index contributed by atoms with van der Waals surface area (Å²) in [7, 11) is 0. The molecule has 2 aliphatic heterocycles. The minimum Gasteiger partial charge on any atom is -0.508 e. The molecule has 0 saturated carbocycles. The standard InChI is InChI=1S/C28H28FNO4/c1-3-12-30-15-22(16-30)33-25-11-6-19(13-24(25)29)28-27(18-4-7-20(31)8-5-18)17(2)23-10-9-21(32)14-26(23)34-28/h4-11,13-14,22,28,31-32H,3,12,15-16H2,1-2H3/t28-/m0/s1. The van der Waals surface area contributed by atoms with Gasteiger partial charge in [-0.25, -0.2) is 4.39 Å². The van der Waals surface area contributed by atoms with Gasteiger partial charge in [0.25, 0.3) is 0 Å². The van der Waals surface area contributed by atoms with Crippen LogP contribution in [-0.4, -0.2) is 40.9 Å². The predicted molar refractivity (Wildman–Crippen MR) is 130 cm³/mol. The lowest BCUT2D eigenvalue weighted by Gasteiger charge is -2.38. The van der Waals surface area contributed by atoms with Gasteiger partial charge < -0.3 is 19.7 Å². The summed E-state index contributed by atoms with van der Waals surface area (Å²) in [6.45, 7) is 6.79. The summed E-state index contributed by atoms with van der Waals surface area (Å²) in [6, 6.07) is 16.9. The molecule has 0 aliphatic carbocycles. The highest BCUT2D eigenvalue weighted by Gasteiger charge is 2.31. The molecule has 3 aromatic carbocycles. The molecule has 2 aliphatic rings. The number of allylic oxidation sites excluding steroid dienone is 1. The summed E-state index contributed by atoms with van der Waals surface area (Å²) < 4.78 is 27.3. The van der Waals surface area contributed by atoms with Crippen molar-refractivity contribution in [3.8, 4) is 23.0 Å². The van der Waals surface area contributed by atoms with Crippen molar-refractivity contribution in [2.24, 2.45) is 0 Å². The van der Waals surface area contributed by atoms with E-state index in [1.807, 2.05) is 31.2 Å². The first-order valence-electron chi connectivity index (χ1n) is 11.6. The number of likely N-dealkylation sites (tertiary alicyclic amines) is 1. The van der Waals surface area contributed by atoms with Gasteiger partial charge in [0.15, 0.2) is 11.6 Å². The van der Waals surface area contributed by atoms with Gasteiger partial charge in [-0.3, -0.25) is 4.90 Å². The van der Waals surface area contributed by atoms with E-state index in [1.54, 1.807) is 30.3 Å². The summed E-state index contributed by atoms with van der Waals surface area (Å²) >= 11 is 0. The minimum absolute atomic E-state index is 0.00220. The van der Waals surface area contributed by atoms with Crippen LogP contribution in [0.4, 0.5) is 4.39 Å². The third kappa shape index (κ3) is 4.21. The number of hydrogen-bond acceptors (Lipinski definition) is 5. The Morgan fingerprint density at radius 2 is 1.74 bits per heavy atom. The van der Waals surface area contributed by atoms with E-state index in [9.17, 15) is 10.2 Å². The number of benzene rings is 3. The first kappa shape index (κ1) is 22.3. The van der Waals surface area contributed by atoms with Gasteiger partial charge in [0, 0.05) is 35.9 Å². The molecule has 6 heteroatoms. The van der Waals surface area contributed by atoms with E-state index in [1.165, 1.54) is 6.07 Å². The highest BCUT2D eigenvalue weighted by molar-refractivity contribution is 5.95. The Morgan fingerprint density at radius 3 is 2.44 bits per heavy atom. The molecule has 1 fully saturated rings. The number of hydrogen-bond donors (Lipinski definition) is 2. The van der Waals surface area contributed by atoms with Crippen molar-refractivity contribution in [3.05, 3.63) is 83.2 Å². The van der Waals surface area contributed by atoms with Crippen LogP contribution in [0.3, 0.4) is 0 Å². The van der Waals surface area contributed by atoms with E-state index < -0.39 is 11.9 Å². The van der Waals surface area contributed by atoms with Crippen LogP contribution in [0.2, 0.25) is 0 Å². The molecule has 1 atom stereocenters. The predicted octanol–water partition coefficient (Wildman–Crippen LogP) is 5.77. The van der Waals surface area contributed by atoms with E-state index in [2.05, 4.69) is 11.8 Å². The Kier molecular flexibility index (Phi) is 5.92. The minimum atomic E-state index is -0.592. The highest BCUT2D eigenvalue weighted by atomic mass is 19.1. The summed E-state index contributed by atoms with van der Waals surface area (Å²) in [5.41, 5.74) is 4.20. The number of phenolic OH excluding ortho intramolecular Hbond substituents is 2. The fourth-order valence-corrected chi connectivity index (χ4v) is 4.74. The first-order chi connectivity index (χ1) is 16.4. The SMILES string of the molecule is CCCN1CC(Oc2ccc([C@@H]3Oc4cc(O)ccc4C(C)=C3c3ccc(O)cc3)cc2F)C1. The van der Waals surface area contributed by atoms with Crippen LogP contribution in [0.5, 0.6) is 23.0 Å². The molecule has 3 aromatic rings. The zero-order chi connectivity index (χ0) is 23.8. The smallest absolute Gasteiger partial charge is 0.165 e. The number of phenols is 2. The lowest BCUT2D eigenvalue weighted by Crippen LogP contribution is -2.53. The largest absolute Gasteiger partial charge is 0.508 e. The topological polar surface area (TPSA) is 62.2 Å². The van der Waals surface area contributed by atoms with Gasteiger partial charge in [0.1, 0.15) is 29.5 Å². The van der Waals surface area contributed by atoms with Gasteiger partial charge in [-0.1, -0.05) is 25.1 Å². The van der Waals surface area contributed by atoms with Gasteiger partial charge >= 0.3 is 0 Å². The maximum atomic E-state index is 15.1. The quantitative estimate of drug-likeness (QED) is 0.488. The molecule has 34 heavy (non-hydrogen) atoms. The number of nitrogens with zero attached hydrogens (tertiary/aromatic N) is 1. The third-order valence-corrected chi connectivity index (χ3v) is 6.47. The third-order valence-electron chi connectivity index (χ3n) is 6.47. The Balaban J connectivity index is 1.48. The molecule has 0 spiro atoms. The monoisotopic (exact) mass is 461 g/mol. The number of fused-ring (bicyclic) bond motifs is 1. The Bertz CT molecular complexity index is 1230. The van der Waals surface area contributed by atoms with Crippen LogP contribution in [0.1, 0.15) is 43.1 Å².